The van der Waals surface area contributed by atoms with E-state index in [1.165, 1.54) is 12.1 Å². The average Bonchev–Trinajstić information content (AvgIpc) is 1.98. The molecule has 0 unspecified atom stereocenters. The second-order valence-corrected chi connectivity index (χ2v) is 2.36. The number of aromatic hydroxyl groups is 2. The van der Waals surface area contributed by atoms with Gasteiger partial charge in [0.25, 0.3) is 0 Å². The van der Waals surface area contributed by atoms with Crippen LogP contribution in [0, 0.1) is 0 Å². The van der Waals surface area contributed by atoms with Crippen LogP contribution in [0.5, 0.6) is 11.5 Å². The van der Waals surface area contributed by atoms with E-state index in [9.17, 15) is 0 Å². The fraction of sp³-hybridized carbons (Fsp3) is 0.250. The van der Waals surface area contributed by atoms with Crippen molar-refractivity contribution >= 4 is 0 Å². The molecule has 0 saturated carbocycles. The summed E-state index contributed by atoms with van der Waals surface area (Å²) in [4.78, 5) is 0. The van der Waals surface area contributed by atoms with Crippen LogP contribution in [0.1, 0.15) is 5.56 Å². The largest absolute Gasteiger partial charge is 0.504 e. The number of phenols is 2. The Bertz CT molecular complexity index is 258. The topological polar surface area (TPSA) is 66.5 Å². The maximum atomic E-state index is 9.04. The molecule has 1 aromatic rings. The molecule has 0 fully saturated rings. The first-order valence-electron chi connectivity index (χ1n) is 3.45. The van der Waals surface area contributed by atoms with Gasteiger partial charge in [0.05, 0.1) is 0 Å². The standard InChI is InChI=1S/C8H11NO2.Co.Cu/c9-4-3-6-1-2-7(10)8(11)5-6;;/h1-2,5,10-11H,3-4,9H2;;. The van der Waals surface area contributed by atoms with Gasteiger partial charge >= 0.3 is 0 Å². The quantitative estimate of drug-likeness (QED) is 0.547. The van der Waals surface area contributed by atoms with Crippen LogP contribution in [-0.4, -0.2) is 16.8 Å². The molecule has 0 amide bonds. The summed E-state index contributed by atoms with van der Waals surface area (Å²) < 4.78 is 0. The van der Waals surface area contributed by atoms with E-state index in [0.29, 0.717) is 13.0 Å². The summed E-state index contributed by atoms with van der Waals surface area (Å²) in [5, 5.41) is 18.0. The van der Waals surface area contributed by atoms with Crippen molar-refractivity contribution in [3.63, 3.8) is 0 Å². The van der Waals surface area contributed by atoms with Crippen molar-refractivity contribution in [1.29, 1.82) is 0 Å². The van der Waals surface area contributed by atoms with Crippen molar-refractivity contribution in [2.75, 3.05) is 6.54 Å². The Kier molecular flexibility index (Phi) is 8.50. The van der Waals surface area contributed by atoms with E-state index in [1.54, 1.807) is 6.07 Å². The maximum absolute atomic E-state index is 9.04. The number of benzene rings is 1. The van der Waals surface area contributed by atoms with E-state index in [0.717, 1.165) is 5.56 Å². The number of hydrogen-bond acceptors (Lipinski definition) is 3. The van der Waals surface area contributed by atoms with Crippen molar-refractivity contribution in [3.05, 3.63) is 23.8 Å². The van der Waals surface area contributed by atoms with Gasteiger partial charge in [-0.05, 0) is 30.7 Å². The second kappa shape index (κ2) is 7.23. The second-order valence-electron chi connectivity index (χ2n) is 2.36. The van der Waals surface area contributed by atoms with Gasteiger partial charge in [-0.2, -0.15) is 0 Å². The number of rotatable bonds is 2. The SMILES string of the molecule is NCCc1ccc(O)c(O)c1.[Co].[Cu]. The Morgan fingerprint density at radius 1 is 1.15 bits per heavy atom. The predicted molar refractivity (Wildman–Crippen MR) is 42.5 cm³/mol. The van der Waals surface area contributed by atoms with Gasteiger partial charge in [0.15, 0.2) is 11.5 Å². The molecule has 2 radical (unpaired) electrons. The third kappa shape index (κ3) is 4.54. The molecule has 1 rings (SSSR count). The zero-order valence-electron chi connectivity index (χ0n) is 6.75. The monoisotopic (exact) mass is 275 g/mol. The molecule has 0 aromatic heterocycles. The van der Waals surface area contributed by atoms with Gasteiger partial charge in [0, 0.05) is 33.8 Å². The summed E-state index contributed by atoms with van der Waals surface area (Å²) in [7, 11) is 0. The van der Waals surface area contributed by atoms with Crippen molar-refractivity contribution in [1.82, 2.24) is 0 Å². The molecule has 0 aliphatic heterocycles. The molecule has 4 N–H and O–H groups in total. The van der Waals surface area contributed by atoms with E-state index in [2.05, 4.69) is 0 Å². The molecule has 0 spiro atoms. The van der Waals surface area contributed by atoms with Crippen LogP contribution in [0.2, 0.25) is 0 Å². The maximum Gasteiger partial charge on any atom is 0.157 e. The first kappa shape index (κ1) is 15.3. The molecule has 3 nitrogen and oxygen atoms in total. The van der Waals surface area contributed by atoms with Gasteiger partial charge in [-0.3, -0.25) is 0 Å². The molecule has 0 heterocycles. The Hall–Kier alpha value is -0.194. The van der Waals surface area contributed by atoms with Gasteiger partial charge in [-0.25, -0.2) is 0 Å². The van der Waals surface area contributed by atoms with E-state index in [1.807, 2.05) is 0 Å². The average molecular weight is 276 g/mol. The summed E-state index contributed by atoms with van der Waals surface area (Å²) >= 11 is 0. The minimum atomic E-state index is -0.0919. The Morgan fingerprint density at radius 2 is 1.77 bits per heavy atom. The molecule has 0 saturated heterocycles. The van der Waals surface area contributed by atoms with E-state index < -0.39 is 0 Å². The van der Waals surface area contributed by atoms with Crippen LogP contribution in [0.15, 0.2) is 18.2 Å². The summed E-state index contributed by atoms with van der Waals surface area (Å²) in [6.45, 7) is 0.546. The van der Waals surface area contributed by atoms with Crippen LogP contribution >= 0.6 is 0 Å². The molecule has 13 heavy (non-hydrogen) atoms. The van der Waals surface area contributed by atoms with Crippen molar-refractivity contribution in [2.45, 2.75) is 6.42 Å². The minimum Gasteiger partial charge on any atom is -0.504 e. The number of nitrogens with two attached hydrogens (primary N) is 1. The molecule has 80 valence electrons. The van der Waals surface area contributed by atoms with Crippen LogP contribution < -0.4 is 5.73 Å². The van der Waals surface area contributed by atoms with Gasteiger partial charge in [0.1, 0.15) is 0 Å². The van der Waals surface area contributed by atoms with Gasteiger partial charge < -0.3 is 15.9 Å². The number of phenolic OH excluding ortho intramolecular Hbond substituents is 2. The fourth-order valence-electron chi connectivity index (χ4n) is 0.891. The van der Waals surface area contributed by atoms with Crippen molar-refractivity contribution < 1.29 is 44.1 Å². The zero-order chi connectivity index (χ0) is 8.27. The Labute approximate surface area is 98.0 Å². The third-order valence-corrected chi connectivity index (χ3v) is 1.47. The summed E-state index contributed by atoms with van der Waals surface area (Å²) in [6, 6.07) is 4.71. The third-order valence-electron chi connectivity index (χ3n) is 1.47. The molecular formula is C8H11CoCuNO2. The molecule has 1 aromatic carbocycles. The van der Waals surface area contributed by atoms with E-state index in [4.69, 9.17) is 15.9 Å². The van der Waals surface area contributed by atoms with Gasteiger partial charge in [-0.15, -0.1) is 0 Å². The van der Waals surface area contributed by atoms with Crippen molar-refractivity contribution in [2.24, 2.45) is 5.73 Å². The zero-order valence-corrected chi connectivity index (χ0v) is 8.74. The predicted octanol–water partition coefficient (Wildman–Crippen LogP) is 0.594. The smallest absolute Gasteiger partial charge is 0.157 e. The summed E-state index contributed by atoms with van der Waals surface area (Å²) in [6.07, 6.45) is 0.716. The van der Waals surface area contributed by atoms with Gasteiger partial charge in [-0.1, -0.05) is 6.07 Å². The van der Waals surface area contributed by atoms with Gasteiger partial charge in [0.2, 0.25) is 0 Å². The first-order valence-corrected chi connectivity index (χ1v) is 3.45. The van der Waals surface area contributed by atoms with Crippen LogP contribution in [0.3, 0.4) is 0 Å². The fourth-order valence-corrected chi connectivity index (χ4v) is 0.891. The van der Waals surface area contributed by atoms with Crippen LogP contribution in [0.4, 0.5) is 0 Å². The molecular weight excluding hydrogens is 265 g/mol. The number of hydrogen-bond donors (Lipinski definition) is 3. The molecule has 0 atom stereocenters. The van der Waals surface area contributed by atoms with Crippen molar-refractivity contribution in [3.8, 4) is 11.5 Å². The Morgan fingerprint density at radius 3 is 2.23 bits per heavy atom. The van der Waals surface area contributed by atoms with Crippen LogP contribution in [0.25, 0.3) is 0 Å². The van der Waals surface area contributed by atoms with Crippen LogP contribution in [-0.2, 0) is 40.3 Å². The first-order chi connectivity index (χ1) is 5.24. The van der Waals surface area contributed by atoms with E-state index >= 15 is 0 Å². The minimum absolute atomic E-state index is 0. The molecule has 0 bridgehead atoms. The summed E-state index contributed by atoms with van der Waals surface area (Å²) in [5.41, 5.74) is 6.24. The Balaban J connectivity index is 0. The molecule has 0 aliphatic rings. The molecule has 5 heteroatoms. The molecule has 0 aliphatic carbocycles. The normalized spacial score (nSPS) is 8.38. The summed E-state index contributed by atoms with van der Waals surface area (Å²) in [5.74, 6) is -0.179. The van der Waals surface area contributed by atoms with E-state index in [-0.39, 0.29) is 45.3 Å².